The van der Waals surface area contributed by atoms with Crippen LogP contribution in [-0.4, -0.2) is 28.9 Å². The van der Waals surface area contributed by atoms with Crippen LogP contribution in [0.15, 0.2) is 0 Å². The predicted molar refractivity (Wildman–Crippen MR) is 43.2 cm³/mol. The van der Waals surface area contributed by atoms with E-state index in [4.69, 9.17) is 6.42 Å². The normalized spacial score (nSPS) is 17.6. The van der Waals surface area contributed by atoms with Crippen LogP contribution in [0.4, 0.5) is 4.79 Å². The summed E-state index contributed by atoms with van der Waals surface area (Å²) >= 11 is 0. The van der Waals surface area contributed by atoms with Gasteiger partial charge in [-0.25, -0.2) is 9.69 Å². The Labute approximate surface area is 70.9 Å². The SMILES string of the molecule is C#CC(C)(C)N1C(=O)CNC1=O. The zero-order valence-electron chi connectivity index (χ0n) is 7.05. The second-order valence-corrected chi connectivity index (χ2v) is 3.09. The van der Waals surface area contributed by atoms with Crippen molar-refractivity contribution in [3.8, 4) is 12.3 Å². The molecule has 0 bridgehead atoms. The van der Waals surface area contributed by atoms with Crippen LogP contribution in [-0.2, 0) is 4.79 Å². The zero-order chi connectivity index (χ0) is 9.35. The number of nitrogens with zero attached hydrogens (tertiary/aromatic N) is 1. The van der Waals surface area contributed by atoms with Crippen LogP contribution in [0.25, 0.3) is 0 Å². The summed E-state index contributed by atoms with van der Waals surface area (Å²) in [5.41, 5.74) is -0.836. The Morgan fingerprint density at radius 3 is 2.50 bits per heavy atom. The van der Waals surface area contributed by atoms with E-state index < -0.39 is 11.6 Å². The molecule has 4 nitrogen and oxygen atoms in total. The maximum Gasteiger partial charge on any atom is 0.325 e. The Hall–Kier alpha value is -1.50. The summed E-state index contributed by atoms with van der Waals surface area (Å²) in [5.74, 6) is 2.11. The molecule has 12 heavy (non-hydrogen) atoms. The van der Waals surface area contributed by atoms with Crippen molar-refractivity contribution in [2.45, 2.75) is 19.4 Å². The van der Waals surface area contributed by atoms with Gasteiger partial charge in [0.25, 0.3) is 5.91 Å². The molecule has 0 atom stereocenters. The van der Waals surface area contributed by atoms with E-state index in [2.05, 4.69) is 11.2 Å². The van der Waals surface area contributed by atoms with Crippen molar-refractivity contribution < 1.29 is 9.59 Å². The number of terminal acetylenes is 1. The Morgan fingerprint density at radius 2 is 2.17 bits per heavy atom. The third kappa shape index (κ3) is 1.14. The smallest absolute Gasteiger partial charge is 0.325 e. The number of hydrogen-bond donors (Lipinski definition) is 1. The molecule has 4 heteroatoms. The summed E-state index contributed by atoms with van der Waals surface area (Å²) in [4.78, 5) is 23.3. The number of rotatable bonds is 1. The molecule has 64 valence electrons. The average molecular weight is 166 g/mol. The molecule has 0 radical (unpaired) electrons. The summed E-state index contributed by atoms with van der Waals surface area (Å²) in [6, 6.07) is -0.414. The lowest BCUT2D eigenvalue weighted by atomic mass is 10.1. The van der Waals surface area contributed by atoms with Gasteiger partial charge in [-0.2, -0.15) is 0 Å². The Balaban J connectivity index is 2.95. The molecule has 0 aliphatic carbocycles. The molecule has 0 aromatic rings. The molecule has 1 N–H and O–H groups in total. The van der Waals surface area contributed by atoms with Gasteiger partial charge in [-0.05, 0) is 13.8 Å². The van der Waals surface area contributed by atoms with Gasteiger partial charge in [-0.15, -0.1) is 6.42 Å². The number of hydrogen-bond acceptors (Lipinski definition) is 2. The first kappa shape index (κ1) is 8.60. The fourth-order valence-electron chi connectivity index (χ4n) is 1.05. The first-order valence-electron chi connectivity index (χ1n) is 3.57. The van der Waals surface area contributed by atoms with Crippen molar-refractivity contribution in [1.82, 2.24) is 10.2 Å². The van der Waals surface area contributed by atoms with E-state index >= 15 is 0 Å². The van der Waals surface area contributed by atoms with Gasteiger partial charge in [0.2, 0.25) is 0 Å². The molecular formula is C8H10N2O2. The van der Waals surface area contributed by atoms with E-state index in [0.29, 0.717) is 0 Å². The molecule has 1 fully saturated rings. The van der Waals surface area contributed by atoms with Crippen LogP contribution in [0, 0.1) is 12.3 Å². The quantitative estimate of drug-likeness (QED) is 0.438. The van der Waals surface area contributed by atoms with Gasteiger partial charge in [0, 0.05) is 0 Å². The number of nitrogens with one attached hydrogen (secondary N) is 1. The molecule has 0 saturated carbocycles. The van der Waals surface area contributed by atoms with Crippen LogP contribution < -0.4 is 5.32 Å². The minimum absolute atomic E-state index is 0.0456. The molecule has 0 aromatic heterocycles. The molecule has 0 aromatic carbocycles. The monoisotopic (exact) mass is 166 g/mol. The van der Waals surface area contributed by atoms with E-state index in [1.807, 2.05) is 0 Å². The van der Waals surface area contributed by atoms with E-state index in [0.717, 1.165) is 4.90 Å². The maximum atomic E-state index is 11.1. The Kier molecular flexibility index (Phi) is 1.81. The van der Waals surface area contributed by atoms with Crippen molar-refractivity contribution in [1.29, 1.82) is 0 Å². The molecule has 1 saturated heterocycles. The molecule has 1 rings (SSSR count). The highest BCUT2D eigenvalue weighted by Crippen LogP contribution is 2.16. The van der Waals surface area contributed by atoms with Gasteiger partial charge < -0.3 is 5.32 Å². The van der Waals surface area contributed by atoms with Crippen LogP contribution >= 0.6 is 0 Å². The third-order valence-electron chi connectivity index (χ3n) is 1.76. The molecule has 1 aliphatic heterocycles. The van der Waals surface area contributed by atoms with Crippen LogP contribution in [0.3, 0.4) is 0 Å². The summed E-state index contributed by atoms with van der Waals surface area (Å²) < 4.78 is 0. The number of carbonyl (C=O) groups excluding carboxylic acids is 2. The van der Waals surface area contributed by atoms with E-state index in [9.17, 15) is 9.59 Å². The highest BCUT2D eigenvalue weighted by atomic mass is 16.2. The topological polar surface area (TPSA) is 49.4 Å². The number of carbonyl (C=O) groups is 2. The second kappa shape index (κ2) is 2.52. The van der Waals surface area contributed by atoms with Crippen molar-refractivity contribution in [3.63, 3.8) is 0 Å². The lowest BCUT2D eigenvalue weighted by Gasteiger charge is -2.26. The van der Waals surface area contributed by atoms with Gasteiger partial charge in [0.05, 0.1) is 6.54 Å². The molecular weight excluding hydrogens is 156 g/mol. The molecule has 0 unspecified atom stereocenters. The van der Waals surface area contributed by atoms with Crippen LogP contribution in [0.5, 0.6) is 0 Å². The lowest BCUT2D eigenvalue weighted by Crippen LogP contribution is -2.47. The highest BCUT2D eigenvalue weighted by Gasteiger charge is 2.38. The summed E-state index contributed by atoms with van der Waals surface area (Å²) in [6.45, 7) is 3.34. The van der Waals surface area contributed by atoms with Gasteiger partial charge in [-0.1, -0.05) is 5.92 Å². The van der Waals surface area contributed by atoms with Crippen molar-refractivity contribution >= 4 is 11.9 Å². The molecule has 3 amide bonds. The molecule has 1 heterocycles. The fourth-order valence-corrected chi connectivity index (χ4v) is 1.05. The molecule has 1 aliphatic rings. The van der Waals surface area contributed by atoms with Crippen LogP contribution in [0.2, 0.25) is 0 Å². The first-order valence-corrected chi connectivity index (χ1v) is 3.57. The van der Waals surface area contributed by atoms with Gasteiger partial charge in [0.1, 0.15) is 5.54 Å². The van der Waals surface area contributed by atoms with Gasteiger partial charge in [0.15, 0.2) is 0 Å². The number of urea groups is 1. The Bertz CT molecular complexity index is 259. The highest BCUT2D eigenvalue weighted by molar-refractivity contribution is 6.03. The van der Waals surface area contributed by atoms with Crippen molar-refractivity contribution in [2.24, 2.45) is 0 Å². The van der Waals surface area contributed by atoms with E-state index in [1.54, 1.807) is 13.8 Å². The summed E-state index contributed by atoms with van der Waals surface area (Å²) in [6.07, 6.45) is 5.19. The third-order valence-corrected chi connectivity index (χ3v) is 1.76. The largest absolute Gasteiger partial charge is 0.328 e. The van der Waals surface area contributed by atoms with E-state index in [-0.39, 0.29) is 12.5 Å². The van der Waals surface area contributed by atoms with E-state index in [1.165, 1.54) is 0 Å². The number of imide groups is 1. The standard InChI is InChI=1S/C8H10N2O2/c1-4-8(2,3)10-6(11)5-9-7(10)12/h1H,5H2,2-3H3,(H,9,12). The lowest BCUT2D eigenvalue weighted by molar-refractivity contribution is -0.127. The zero-order valence-corrected chi connectivity index (χ0v) is 7.05. The second-order valence-electron chi connectivity index (χ2n) is 3.09. The van der Waals surface area contributed by atoms with Gasteiger partial charge in [-0.3, -0.25) is 4.79 Å². The number of amides is 3. The minimum Gasteiger partial charge on any atom is -0.328 e. The van der Waals surface area contributed by atoms with Crippen molar-refractivity contribution in [3.05, 3.63) is 0 Å². The maximum absolute atomic E-state index is 11.1. The Morgan fingerprint density at radius 1 is 1.58 bits per heavy atom. The fraction of sp³-hybridized carbons (Fsp3) is 0.500. The first-order chi connectivity index (χ1) is 5.49. The summed E-state index contributed by atoms with van der Waals surface area (Å²) in [5, 5.41) is 2.40. The van der Waals surface area contributed by atoms with Crippen molar-refractivity contribution in [2.75, 3.05) is 6.54 Å². The minimum atomic E-state index is -0.836. The molecule has 0 spiro atoms. The van der Waals surface area contributed by atoms with Crippen LogP contribution in [0.1, 0.15) is 13.8 Å². The van der Waals surface area contributed by atoms with Gasteiger partial charge >= 0.3 is 6.03 Å². The summed E-state index contributed by atoms with van der Waals surface area (Å²) in [7, 11) is 0. The average Bonchev–Trinajstić information content (AvgIpc) is 2.31. The predicted octanol–water partition coefficient (Wildman–Crippen LogP) is -0.0500.